The van der Waals surface area contributed by atoms with E-state index in [-0.39, 0.29) is 11.5 Å². The Balaban J connectivity index is 1.79. The smallest absolute Gasteiger partial charge is 0.261 e. The predicted octanol–water partition coefficient (Wildman–Crippen LogP) is 3.50. The van der Waals surface area contributed by atoms with E-state index in [2.05, 4.69) is 18.0 Å². The Labute approximate surface area is 155 Å². The van der Waals surface area contributed by atoms with Crippen LogP contribution in [0.3, 0.4) is 0 Å². The molecule has 1 aromatic heterocycles. The van der Waals surface area contributed by atoms with Gasteiger partial charge in [0.15, 0.2) is 4.77 Å². The summed E-state index contributed by atoms with van der Waals surface area (Å²) in [4.78, 5) is 30.3. The minimum absolute atomic E-state index is 0.0586. The number of hydrogen-bond donors (Lipinski definition) is 1. The lowest BCUT2D eigenvalue weighted by Crippen LogP contribution is -2.35. The molecule has 0 saturated heterocycles. The van der Waals surface area contributed by atoms with E-state index in [1.54, 1.807) is 25.2 Å². The van der Waals surface area contributed by atoms with Crippen LogP contribution in [0.15, 0.2) is 41.2 Å². The largest absolute Gasteiger partial charge is 0.332 e. The fourth-order valence-corrected chi connectivity index (χ4v) is 3.72. The van der Waals surface area contributed by atoms with Gasteiger partial charge >= 0.3 is 0 Å². The molecule has 6 heteroatoms. The molecule has 4 rings (SSSR count). The molecule has 0 atom stereocenters. The topological polar surface area (TPSA) is 58.1 Å². The van der Waals surface area contributed by atoms with Crippen molar-refractivity contribution in [1.82, 2.24) is 9.55 Å². The number of aromatic nitrogens is 2. The maximum absolute atomic E-state index is 13.1. The van der Waals surface area contributed by atoms with Crippen LogP contribution in [0.5, 0.6) is 0 Å². The van der Waals surface area contributed by atoms with E-state index in [9.17, 15) is 9.59 Å². The number of amides is 1. The number of benzene rings is 2. The third kappa shape index (κ3) is 2.66. The van der Waals surface area contributed by atoms with Crippen LogP contribution in [-0.2, 0) is 13.5 Å². The van der Waals surface area contributed by atoms with Crippen molar-refractivity contribution in [3.8, 4) is 0 Å². The third-order valence-electron chi connectivity index (χ3n) is 4.95. The van der Waals surface area contributed by atoms with Crippen LogP contribution in [-0.4, -0.2) is 22.0 Å². The molecule has 26 heavy (non-hydrogen) atoms. The Kier molecular flexibility index (Phi) is 4.00. The maximum Gasteiger partial charge on any atom is 0.261 e. The highest BCUT2D eigenvalue weighted by Gasteiger charge is 2.24. The lowest BCUT2D eigenvalue weighted by molar-refractivity contribution is 0.0985. The van der Waals surface area contributed by atoms with Crippen molar-refractivity contribution in [3.63, 3.8) is 0 Å². The number of nitrogens with one attached hydrogen (secondary N) is 1. The molecule has 2 heterocycles. The molecule has 2 aromatic carbocycles. The minimum atomic E-state index is -0.165. The number of aromatic amines is 1. The molecule has 1 aliphatic rings. The average Bonchev–Trinajstić information content (AvgIpc) is 2.64. The molecular formula is C20H19N3O2S. The fourth-order valence-electron chi connectivity index (χ4n) is 3.53. The average molecular weight is 365 g/mol. The van der Waals surface area contributed by atoms with Crippen molar-refractivity contribution in [3.05, 3.63) is 68.2 Å². The van der Waals surface area contributed by atoms with Gasteiger partial charge in [-0.1, -0.05) is 17.7 Å². The van der Waals surface area contributed by atoms with Crippen LogP contribution >= 0.6 is 12.2 Å². The van der Waals surface area contributed by atoms with Gasteiger partial charge in [0.05, 0.1) is 10.9 Å². The number of nitrogens with zero attached hydrogens (tertiary/aromatic N) is 2. The molecule has 0 unspecified atom stereocenters. The number of carbonyl (C=O) groups excluding carboxylic acids is 1. The lowest BCUT2D eigenvalue weighted by atomic mass is 9.98. The predicted molar refractivity (Wildman–Crippen MR) is 106 cm³/mol. The summed E-state index contributed by atoms with van der Waals surface area (Å²) in [6.45, 7) is 2.76. The van der Waals surface area contributed by atoms with Gasteiger partial charge in [0, 0.05) is 24.8 Å². The summed E-state index contributed by atoms with van der Waals surface area (Å²) in [5, 5.41) is 0.521. The lowest BCUT2D eigenvalue weighted by Gasteiger charge is -2.30. The van der Waals surface area contributed by atoms with Gasteiger partial charge in [-0.3, -0.25) is 14.2 Å². The van der Waals surface area contributed by atoms with E-state index in [0.717, 1.165) is 18.5 Å². The molecule has 0 aliphatic carbocycles. The highest BCUT2D eigenvalue weighted by Crippen LogP contribution is 2.29. The van der Waals surface area contributed by atoms with Crippen LogP contribution in [0.4, 0.5) is 5.69 Å². The van der Waals surface area contributed by atoms with Crippen molar-refractivity contribution in [2.45, 2.75) is 19.8 Å². The molecule has 0 saturated carbocycles. The SMILES string of the molecule is Cc1ccc2c(c1)CCCN2C(=O)c1ccc2c(=O)n(C)c(=S)[nH]c2c1. The summed E-state index contributed by atoms with van der Waals surface area (Å²) in [6.07, 6.45) is 1.93. The van der Waals surface area contributed by atoms with Gasteiger partial charge in [-0.2, -0.15) is 0 Å². The van der Waals surface area contributed by atoms with E-state index >= 15 is 0 Å². The number of rotatable bonds is 1. The second kappa shape index (κ2) is 6.21. The molecule has 1 N–H and O–H groups in total. The fraction of sp³-hybridized carbons (Fsp3) is 0.250. The van der Waals surface area contributed by atoms with Crippen LogP contribution in [0.1, 0.15) is 27.9 Å². The number of anilines is 1. The number of aryl methyl sites for hydroxylation is 2. The number of hydrogen-bond acceptors (Lipinski definition) is 3. The minimum Gasteiger partial charge on any atom is -0.332 e. The molecule has 132 valence electrons. The first-order valence-corrected chi connectivity index (χ1v) is 9.01. The van der Waals surface area contributed by atoms with Crippen molar-refractivity contribution < 1.29 is 4.79 Å². The van der Waals surface area contributed by atoms with Crippen molar-refractivity contribution >= 4 is 34.7 Å². The monoisotopic (exact) mass is 365 g/mol. The summed E-state index contributed by atoms with van der Waals surface area (Å²) < 4.78 is 1.73. The number of H-pyrrole nitrogens is 1. The Morgan fingerprint density at radius 1 is 1.19 bits per heavy atom. The zero-order valence-corrected chi connectivity index (χ0v) is 15.5. The van der Waals surface area contributed by atoms with Gasteiger partial charge in [-0.15, -0.1) is 0 Å². The van der Waals surface area contributed by atoms with Gasteiger partial charge in [0.1, 0.15) is 0 Å². The van der Waals surface area contributed by atoms with Crippen LogP contribution < -0.4 is 10.5 Å². The van der Waals surface area contributed by atoms with Gasteiger partial charge in [0.25, 0.3) is 11.5 Å². The normalized spacial score (nSPS) is 13.7. The Bertz CT molecular complexity index is 1160. The standard InChI is InChI=1S/C20H19N3O2S/c1-12-5-8-17-13(10-12)4-3-9-23(17)18(24)14-6-7-15-16(11-14)21-20(26)22(2)19(15)25/h5-8,10-11H,3-4,9H2,1-2H3,(H,21,26). The Morgan fingerprint density at radius 2 is 2.00 bits per heavy atom. The first-order valence-electron chi connectivity index (χ1n) is 8.60. The van der Waals surface area contributed by atoms with Crippen molar-refractivity contribution in [1.29, 1.82) is 0 Å². The van der Waals surface area contributed by atoms with Crippen molar-refractivity contribution in [2.24, 2.45) is 7.05 Å². The van der Waals surface area contributed by atoms with Gasteiger partial charge in [-0.25, -0.2) is 0 Å². The van der Waals surface area contributed by atoms with Gasteiger partial charge < -0.3 is 9.88 Å². The molecule has 0 fully saturated rings. The maximum atomic E-state index is 13.1. The molecule has 1 amide bonds. The van der Waals surface area contributed by atoms with E-state index in [1.165, 1.54) is 15.7 Å². The zero-order valence-electron chi connectivity index (χ0n) is 14.7. The molecule has 5 nitrogen and oxygen atoms in total. The highest BCUT2D eigenvalue weighted by molar-refractivity contribution is 7.71. The second-order valence-electron chi connectivity index (χ2n) is 6.75. The van der Waals surface area contributed by atoms with Crippen LogP contribution in [0.25, 0.3) is 10.9 Å². The summed E-state index contributed by atoms with van der Waals surface area (Å²) in [5.41, 5.74) is 4.35. The first kappa shape index (κ1) is 16.7. The molecule has 0 bridgehead atoms. The van der Waals surface area contributed by atoms with E-state index in [4.69, 9.17) is 12.2 Å². The summed E-state index contributed by atoms with van der Waals surface area (Å²) >= 11 is 5.18. The van der Waals surface area contributed by atoms with Gasteiger partial charge in [0.2, 0.25) is 0 Å². The second-order valence-corrected chi connectivity index (χ2v) is 7.13. The van der Waals surface area contributed by atoms with Crippen LogP contribution in [0, 0.1) is 11.7 Å². The Morgan fingerprint density at radius 3 is 2.81 bits per heavy atom. The summed E-state index contributed by atoms with van der Waals surface area (Å²) in [6, 6.07) is 11.3. The molecule has 1 aliphatic heterocycles. The number of fused-ring (bicyclic) bond motifs is 2. The Hall–Kier alpha value is -2.73. The molecule has 3 aromatic rings. The summed E-state index contributed by atoms with van der Waals surface area (Å²) in [7, 11) is 1.63. The van der Waals surface area contributed by atoms with E-state index in [0.29, 0.717) is 27.8 Å². The molecular weight excluding hydrogens is 346 g/mol. The molecule has 0 radical (unpaired) electrons. The van der Waals surface area contributed by atoms with E-state index in [1.807, 2.05) is 17.0 Å². The quantitative estimate of drug-likeness (QED) is 0.672. The molecule has 0 spiro atoms. The number of carbonyl (C=O) groups is 1. The first-order chi connectivity index (χ1) is 12.5. The van der Waals surface area contributed by atoms with Crippen LogP contribution in [0.2, 0.25) is 0 Å². The summed E-state index contributed by atoms with van der Waals surface area (Å²) in [5.74, 6) is -0.0586. The van der Waals surface area contributed by atoms with Gasteiger partial charge in [-0.05, 0) is 61.8 Å². The zero-order chi connectivity index (χ0) is 18.4. The third-order valence-corrected chi connectivity index (χ3v) is 5.32. The highest BCUT2D eigenvalue weighted by atomic mass is 32.1. The van der Waals surface area contributed by atoms with E-state index < -0.39 is 0 Å². The van der Waals surface area contributed by atoms with Crippen molar-refractivity contribution in [2.75, 3.05) is 11.4 Å².